The summed E-state index contributed by atoms with van der Waals surface area (Å²) in [5.41, 5.74) is 0.454. The molecule has 1 aromatic rings. The highest BCUT2D eigenvalue weighted by Gasteiger charge is 2.44. The summed E-state index contributed by atoms with van der Waals surface area (Å²) in [5.74, 6) is 0.383. The molecule has 5 atom stereocenters. The van der Waals surface area contributed by atoms with Crippen LogP contribution >= 0.6 is 0 Å². The van der Waals surface area contributed by atoms with E-state index in [0.717, 1.165) is 0 Å². The number of methoxy groups -OCH3 is 1. The molecule has 0 unspecified atom stereocenters. The summed E-state index contributed by atoms with van der Waals surface area (Å²) in [5, 5.41) is 38.7. The third kappa shape index (κ3) is 3.68. The molecule has 0 saturated carbocycles. The zero-order chi connectivity index (χ0) is 17.9. The number of hydrogen-bond acceptors (Lipinski definition) is 8. The second-order valence-corrected chi connectivity index (χ2v) is 5.46. The lowest BCUT2D eigenvalue weighted by molar-refractivity contribution is -0.277. The highest BCUT2D eigenvalue weighted by molar-refractivity contribution is 5.96. The maximum atomic E-state index is 11.7. The molecule has 0 amide bonds. The van der Waals surface area contributed by atoms with Gasteiger partial charge in [0.25, 0.3) is 0 Å². The number of hydrogen-bond donors (Lipinski definition) is 4. The van der Waals surface area contributed by atoms with Crippen molar-refractivity contribution in [1.82, 2.24) is 0 Å². The Morgan fingerprint density at radius 1 is 1.17 bits per heavy atom. The van der Waals surface area contributed by atoms with Gasteiger partial charge in [0.15, 0.2) is 17.3 Å². The largest absolute Gasteiger partial charge is 0.493 e. The van der Waals surface area contributed by atoms with Crippen LogP contribution in [0.5, 0.6) is 11.5 Å². The third-order valence-corrected chi connectivity index (χ3v) is 3.90. The summed E-state index contributed by atoms with van der Waals surface area (Å²) in [6, 6.07) is 4.54. The van der Waals surface area contributed by atoms with Crippen LogP contribution in [0.25, 0.3) is 0 Å². The second kappa shape index (κ2) is 7.91. The van der Waals surface area contributed by atoms with Crippen LogP contribution in [0.15, 0.2) is 18.2 Å². The van der Waals surface area contributed by atoms with Crippen molar-refractivity contribution < 1.29 is 39.4 Å². The van der Waals surface area contributed by atoms with Crippen LogP contribution in [0.4, 0.5) is 0 Å². The smallest absolute Gasteiger partial charge is 0.229 e. The highest BCUT2D eigenvalue weighted by Crippen LogP contribution is 2.32. The van der Waals surface area contributed by atoms with E-state index in [1.807, 2.05) is 0 Å². The minimum Gasteiger partial charge on any atom is -0.493 e. The van der Waals surface area contributed by atoms with Gasteiger partial charge in [0.2, 0.25) is 6.29 Å². The Balaban J connectivity index is 2.21. The van der Waals surface area contributed by atoms with E-state index in [9.17, 15) is 25.2 Å². The number of benzene rings is 1. The van der Waals surface area contributed by atoms with Gasteiger partial charge in [-0.3, -0.25) is 4.79 Å². The van der Waals surface area contributed by atoms with Gasteiger partial charge in [-0.2, -0.15) is 0 Å². The average Bonchev–Trinajstić information content (AvgIpc) is 2.61. The number of rotatable bonds is 6. The molecule has 134 valence electrons. The molecule has 1 fully saturated rings. The van der Waals surface area contributed by atoms with Crippen molar-refractivity contribution in [2.45, 2.75) is 44.1 Å². The molecule has 0 radical (unpaired) electrons. The van der Waals surface area contributed by atoms with E-state index in [2.05, 4.69) is 0 Å². The van der Waals surface area contributed by atoms with Gasteiger partial charge in [-0.05, 0) is 18.2 Å². The van der Waals surface area contributed by atoms with E-state index < -0.39 is 37.3 Å². The Bertz CT molecular complexity index is 573. The molecule has 4 N–H and O–H groups in total. The maximum Gasteiger partial charge on any atom is 0.229 e. The van der Waals surface area contributed by atoms with Crippen molar-refractivity contribution in [3.8, 4) is 11.5 Å². The lowest BCUT2D eigenvalue weighted by Crippen LogP contribution is -2.60. The van der Waals surface area contributed by atoms with Gasteiger partial charge in [-0.25, -0.2) is 0 Å². The molecule has 2 rings (SSSR count). The van der Waals surface area contributed by atoms with Crippen LogP contribution in [0.3, 0.4) is 0 Å². The summed E-state index contributed by atoms with van der Waals surface area (Å²) < 4.78 is 16.0. The molecule has 0 aromatic heterocycles. The average molecular weight is 342 g/mol. The molecule has 1 heterocycles. The lowest BCUT2D eigenvalue weighted by atomic mass is 9.99. The van der Waals surface area contributed by atoms with Crippen LogP contribution in [-0.4, -0.2) is 70.6 Å². The first-order chi connectivity index (χ1) is 11.4. The quantitative estimate of drug-likeness (QED) is 0.508. The van der Waals surface area contributed by atoms with Crippen molar-refractivity contribution in [3.63, 3.8) is 0 Å². The highest BCUT2D eigenvalue weighted by atomic mass is 16.7. The van der Waals surface area contributed by atoms with Crippen LogP contribution < -0.4 is 9.47 Å². The Kier molecular flexibility index (Phi) is 6.14. The minimum absolute atomic E-state index is 0.0623. The predicted octanol–water partition coefficient (Wildman–Crippen LogP) is -0.533. The summed E-state index contributed by atoms with van der Waals surface area (Å²) in [4.78, 5) is 11.7. The number of ketones is 1. The first-order valence-electron chi connectivity index (χ1n) is 7.61. The maximum absolute atomic E-state index is 11.7. The van der Waals surface area contributed by atoms with Crippen molar-refractivity contribution in [3.05, 3.63) is 23.8 Å². The van der Waals surface area contributed by atoms with Gasteiger partial charge < -0.3 is 34.6 Å². The fraction of sp³-hybridized carbons (Fsp3) is 0.562. The molecular weight excluding hydrogens is 320 g/mol. The van der Waals surface area contributed by atoms with Gasteiger partial charge >= 0.3 is 0 Å². The number of ether oxygens (including phenoxy) is 3. The summed E-state index contributed by atoms with van der Waals surface area (Å²) in [7, 11) is 1.40. The first-order valence-corrected chi connectivity index (χ1v) is 7.61. The molecule has 1 aliphatic rings. The third-order valence-electron chi connectivity index (χ3n) is 3.90. The van der Waals surface area contributed by atoms with Crippen LogP contribution in [-0.2, 0) is 4.74 Å². The summed E-state index contributed by atoms with van der Waals surface area (Å²) in [6.07, 6.45) is -6.56. The monoisotopic (exact) mass is 342 g/mol. The Hall–Kier alpha value is -1.71. The topological polar surface area (TPSA) is 126 Å². The molecule has 0 bridgehead atoms. The number of carbonyl (C=O) groups excluding carboxylic acids is 1. The van der Waals surface area contributed by atoms with E-state index in [1.165, 1.54) is 19.2 Å². The van der Waals surface area contributed by atoms with E-state index >= 15 is 0 Å². The normalized spacial score (nSPS) is 30.0. The minimum atomic E-state index is -1.53. The summed E-state index contributed by atoms with van der Waals surface area (Å²) in [6.45, 7) is 1.19. The molecule has 1 aliphatic heterocycles. The Morgan fingerprint density at radius 3 is 2.46 bits per heavy atom. The molecule has 24 heavy (non-hydrogen) atoms. The fourth-order valence-electron chi connectivity index (χ4n) is 2.43. The Morgan fingerprint density at radius 2 is 1.88 bits per heavy atom. The van der Waals surface area contributed by atoms with Gasteiger partial charge in [0, 0.05) is 12.0 Å². The molecule has 1 aromatic carbocycles. The fourth-order valence-corrected chi connectivity index (χ4v) is 2.43. The van der Waals surface area contributed by atoms with Crippen molar-refractivity contribution in [2.24, 2.45) is 0 Å². The molecular formula is C16H22O8. The Labute approximate surface area is 139 Å². The van der Waals surface area contributed by atoms with E-state index in [1.54, 1.807) is 13.0 Å². The van der Waals surface area contributed by atoms with Crippen molar-refractivity contribution >= 4 is 5.78 Å². The van der Waals surface area contributed by atoms with E-state index in [4.69, 9.17) is 14.2 Å². The molecule has 0 aliphatic carbocycles. The SMILES string of the molecule is CCC(=O)c1ccc(O[C@@H]2O[C@@H](CO)[C@@H](O)[C@@H](O)[C@H]2O)c(OC)c1. The van der Waals surface area contributed by atoms with Crippen LogP contribution in [0.2, 0.25) is 0 Å². The molecule has 0 spiro atoms. The van der Waals surface area contributed by atoms with E-state index in [-0.39, 0.29) is 17.3 Å². The second-order valence-electron chi connectivity index (χ2n) is 5.46. The lowest BCUT2D eigenvalue weighted by Gasteiger charge is -2.39. The van der Waals surface area contributed by atoms with Gasteiger partial charge in [-0.15, -0.1) is 0 Å². The standard InChI is InChI=1S/C16H22O8/c1-3-9(18)8-4-5-10(11(6-8)22-2)23-16-15(21)14(20)13(19)12(7-17)24-16/h4-6,12-17,19-21H,3,7H2,1-2H3/t12-,13+,14+,15+,16+/m0/s1. The zero-order valence-electron chi connectivity index (χ0n) is 13.5. The summed E-state index contributed by atoms with van der Waals surface area (Å²) >= 11 is 0. The number of Topliss-reactive ketones (excluding diaryl/α,β-unsaturated/α-hetero) is 1. The van der Waals surface area contributed by atoms with E-state index in [0.29, 0.717) is 12.0 Å². The first kappa shape index (κ1) is 18.6. The number of aliphatic hydroxyl groups is 4. The number of aliphatic hydroxyl groups excluding tert-OH is 4. The molecule has 1 saturated heterocycles. The van der Waals surface area contributed by atoms with Gasteiger partial charge in [-0.1, -0.05) is 6.92 Å². The van der Waals surface area contributed by atoms with Crippen LogP contribution in [0.1, 0.15) is 23.7 Å². The van der Waals surface area contributed by atoms with Crippen molar-refractivity contribution in [1.29, 1.82) is 0 Å². The number of carbonyl (C=O) groups is 1. The zero-order valence-corrected chi connectivity index (χ0v) is 13.5. The molecule has 8 nitrogen and oxygen atoms in total. The predicted molar refractivity (Wildman–Crippen MR) is 82.0 cm³/mol. The van der Waals surface area contributed by atoms with Gasteiger partial charge in [0.05, 0.1) is 13.7 Å². The van der Waals surface area contributed by atoms with Gasteiger partial charge in [0.1, 0.15) is 24.4 Å². The van der Waals surface area contributed by atoms with Crippen molar-refractivity contribution in [2.75, 3.05) is 13.7 Å². The van der Waals surface area contributed by atoms with Crippen LogP contribution in [0, 0.1) is 0 Å². The molecule has 8 heteroatoms.